The molecule has 0 atom stereocenters. The van der Waals surface area contributed by atoms with Gasteiger partial charge in [-0.3, -0.25) is 4.79 Å². The molecule has 0 aliphatic carbocycles. The number of nitrogens with zero attached hydrogens (tertiary/aromatic N) is 2. The highest BCUT2D eigenvalue weighted by atomic mass is 32.2. The molecular formula is C18H15FN2O4S2. The van der Waals surface area contributed by atoms with Crippen LogP contribution in [0.25, 0.3) is 0 Å². The van der Waals surface area contributed by atoms with Crippen molar-refractivity contribution in [3.8, 4) is 5.75 Å². The molecule has 0 radical (unpaired) electrons. The molecule has 9 heteroatoms. The third-order valence-electron chi connectivity index (χ3n) is 3.82. The van der Waals surface area contributed by atoms with Crippen LogP contribution in [0.1, 0.15) is 15.9 Å². The van der Waals surface area contributed by atoms with Crippen molar-refractivity contribution in [2.45, 2.75) is 11.4 Å². The van der Waals surface area contributed by atoms with E-state index >= 15 is 0 Å². The molecular weight excluding hydrogens is 391 g/mol. The van der Waals surface area contributed by atoms with Gasteiger partial charge in [0.15, 0.2) is 5.82 Å². The number of halogens is 1. The van der Waals surface area contributed by atoms with Crippen LogP contribution in [0.2, 0.25) is 0 Å². The zero-order chi connectivity index (χ0) is 19.4. The van der Waals surface area contributed by atoms with E-state index in [9.17, 15) is 17.6 Å². The van der Waals surface area contributed by atoms with Crippen LogP contribution >= 0.6 is 11.3 Å². The molecule has 0 aliphatic rings. The van der Waals surface area contributed by atoms with E-state index in [-0.39, 0.29) is 17.9 Å². The van der Waals surface area contributed by atoms with E-state index in [1.54, 1.807) is 29.6 Å². The second-order valence-electron chi connectivity index (χ2n) is 5.51. The number of hydrogen-bond donors (Lipinski definition) is 0. The Morgan fingerprint density at radius 3 is 2.56 bits per heavy atom. The number of aromatic nitrogens is 1. The average Bonchev–Trinajstić information content (AvgIpc) is 3.21. The Labute approximate surface area is 159 Å². The number of sulfonamides is 1. The number of carbonyl (C=O) groups excluding carboxylic acids is 1. The summed E-state index contributed by atoms with van der Waals surface area (Å²) in [4.78, 5) is 14.5. The molecule has 0 fully saturated rings. The molecule has 0 saturated heterocycles. The van der Waals surface area contributed by atoms with Crippen molar-refractivity contribution in [1.29, 1.82) is 0 Å². The summed E-state index contributed by atoms with van der Waals surface area (Å²) in [7, 11) is -2.76. The SMILES string of the molecule is COc1ccc(CN(c2cscn2)S(=O)(=O)c2cc(C=O)ccc2F)cc1. The summed E-state index contributed by atoms with van der Waals surface area (Å²) in [5.74, 6) is -0.131. The first-order valence-electron chi connectivity index (χ1n) is 7.74. The summed E-state index contributed by atoms with van der Waals surface area (Å²) < 4.78 is 46.7. The van der Waals surface area contributed by atoms with Crippen molar-refractivity contribution < 1.29 is 22.3 Å². The van der Waals surface area contributed by atoms with Gasteiger partial charge in [-0.25, -0.2) is 22.1 Å². The maximum absolute atomic E-state index is 14.3. The molecule has 0 saturated carbocycles. The Bertz CT molecular complexity index is 1040. The number of anilines is 1. The maximum atomic E-state index is 14.3. The first-order chi connectivity index (χ1) is 13.0. The van der Waals surface area contributed by atoms with E-state index in [1.807, 2.05) is 0 Å². The fourth-order valence-electron chi connectivity index (χ4n) is 2.42. The smallest absolute Gasteiger partial charge is 0.268 e. The van der Waals surface area contributed by atoms with E-state index in [0.29, 0.717) is 17.6 Å². The number of benzene rings is 2. The summed E-state index contributed by atoms with van der Waals surface area (Å²) >= 11 is 1.22. The Morgan fingerprint density at radius 1 is 1.22 bits per heavy atom. The lowest BCUT2D eigenvalue weighted by Gasteiger charge is -2.23. The predicted octanol–water partition coefficient (Wildman–Crippen LogP) is 3.50. The van der Waals surface area contributed by atoms with Gasteiger partial charge in [0.05, 0.1) is 19.2 Å². The lowest BCUT2D eigenvalue weighted by atomic mass is 10.2. The van der Waals surface area contributed by atoms with Crippen LogP contribution in [0.5, 0.6) is 5.75 Å². The normalized spacial score (nSPS) is 11.2. The van der Waals surface area contributed by atoms with Gasteiger partial charge in [0.1, 0.15) is 22.7 Å². The minimum Gasteiger partial charge on any atom is -0.497 e. The standard InChI is InChI=1S/C18H15FN2O4S2/c1-25-15-5-2-13(3-6-15)9-21(18-11-26-12-20-18)27(23,24)17-8-14(10-22)4-7-16(17)19/h2-8,10-12H,9H2,1H3. The second-order valence-corrected chi connectivity index (χ2v) is 8.06. The lowest BCUT2D eigenvalue weighted by Crippen LogP contribution is -2.31. The Hall–Kier alpha value is -2.78. The number of carbonyl (C=O) groups is 1. The highest BCUT2D eigenvalue weighted by Crippen LogP contribution is 2.28. The van der Waals surface area contributed by atoms with E-state index in [1.165, 1.54) is 30.0 Å². The fourth-order valence-corrected chi connectivity index (χ4v) is 4.53. The van der Waals surface area contributed by atoms with Crippen molar-refractivity contribution in [3.05, 3.63) is 70.3 Å². The van der Waals surface area contributed by atoms with Crippen molar-refractivity contribution in [3.63, 3.8) is 0 Å². The molecule has 140 valence electrons. The lowest BCUT2D eigenvalue weighted by molar-refractivity contribution is 0.112. The molecule has 1 heterocycles. The summed E-state index contributed by atoms with van der Waals surface area (Å²) in [6.07, 6.45) is 0.467. The second kappa shape index (κ2) is 7.85. The van der Waals surface area contributed by atoms with E-state index in [0.717, 1.165) is 16.4 Å². The van der Waals surface area contributed by atoms with Gasteiger partial charge in [0, 0.05) is 10.9 Å². The maximum Gasteiger partial charge on any atom is 0.268 e. The Morgan fingerprint density at radius 2 is 1.96 bits per heavy atom. The van der Waals surface area contributed by atoms with E-state index in [4.69, 9.17) is 4.74 Å². The summed E-state index contributed by atoms with van der Waals surface area (Å²) in [5, 5.41) is 1.56. The average molecular weight is 406 g/mol. The molecule has 3 aromatic rings. The van der Waals surface area contributed by atoms with Gasteiger partial charge in [-0.1, -0.05) is 12.1 Å². The van der Waals surface area contributed by atoms with Crippen LogP contribution in [0.3, 0.4) is 0 Å². The number of aldehydes is 1. The first-order valence-corrected chi connectivity index (χ1v) is 10.1. The topological polar surface area (TPSA) is 76.6 Å². The zero-order valence-corrected chi connectivity index (χ0v) is 15.8. The number of methoxy groups -OCH3 is 1. The number of thiazole rings is 1. The van der Waals surface area contributed by atoms with Crippen molar-refractivity contribution in [2.75, 3.05) is 11.4 Å². The minimum atomic E-state index is -4.29. The summed E-state index contributed by atoms with van der Waals surface area (Å²) in [5.41, 5.74) is 2.22. The van der Waals surface area contributed by atoms with Crippen molar-refractivity contribution in [2.24, 2.45) is 0 Å². The molecule has 0 amide bonds. The monoisotopic (exact) mass is 406 g/mol. The Balaban J connectivity index is 2.06. The molecule has 0 N–H and O–H groups in total. The van der Waals surface area contributed by atoms with Crippen LogP contribution in [0, 0.1) is 5.82 Å². The van der Waals surface area contributed by atoms with Crippen molar-refractivity contribution in [1.82, 2.24) is 4.98 Å². The minimum absolute atomic E-state index is 0.0547. The van der Waals surface area contributed by atoms with Gasteiger partial charge in [-0.15, -0.1) is 11.3 Å². The van der Waals surface area contributed by atoms with Crippen LogP contribution in [-0.2, 0) is 16.6 Å². The molecule has 27 heavy (non-hydrogen) atoms. The molecule has 0 aliphatic heterocycles. The fraction of sp³-hybridized carbons (Fsp3) is 0.111. The third kappa shape index (κ3) is 3.99. The van der Waals surface area contributed by atoms with E-state index in [2.05, 4.69) is 4.98 Å². The van der Waals surface area contributed by atoms with Gasteiger partial charge < -0.3 is 4.74 Å². The van der Waals surface area contributed by atoms with Gasteiger partial charge in [0.25, 0.3) is 10.0 Å². The first kappa shape index (κ1) is 19.0. The van der Waals surface area contributed by atoms with Gasteiger partial charge >= 0.3 is 0 Å². The van der Waals surface area contributed by atoms with Crippen molar-refractivity contribution >= 4 is 33.5 Å². The van der Waals surface area contributed by atoms with Gasteiger partial charge in [-0.05, 0) is 35.9 Å². The van der Waals surface area contributed by atoms with Crippen LogP contribution in [0.15, 0.2) is 58.3 Å². The highest BCUT2D eigenvalue weighted by molar-refractivity contribution is 7.92. The van der Waals surface area contributed by atoms with Gasteiger partial charge in [-0.2, -0.15) is 0 Å². The third-order valence-corrected chi connectivity index (χ3v) is 6.16. The molecule has 3 rings (SSSR count). The summed E-state index contributed by atoms with van der Waals surface area (Å²) in [6, 6.07) is 10.0. The van der Waals surface area contributed by atoms with Crippen LogP contribution < -0.4 is 9.04 Å². The number of hydrogen-bond acceptors (Lipinski definition) is 6. The predicted molar refractivity (Wildman–Crippen MR) is 100 cm³/mol. The van der Waals surface area contributed by atoms with Crippen LogP contribution in [0.4, 0.5) is 10.2 Å². The molecule has 6 nitrogen and oxygen atoms in total. The quantitative estimate of drug-likeness (QED) is 0.562. The van der Waals surface area contributed by atoms with Gasteiger partial charge in [0.2, 0.25) is 0 Å². The Kier molecular flexibility index (Phi) is 5.52. The highest BCUT2D eigenvalue weighted by Gasteiger charge is 2.29. The molecule has 0 unspecified atom stereocenters. The largest absolute Gasteiger partial charge is 0.497 e. The zero-order valence-electron chi connectivity index (χ0n) is 14.2. The van der Waals surface area contributed by atoms with E-state index < -0.39 is 20.7 Å². The summed E-state index contributed by atoms with van der Waals surface area (Å²) in [6.45, 7) is -0.0547. The molecule has 0 spiro atoms. The number of ether oxygens (including phenoxy) is 1. The number of rotatable bonds is 7. The van der Waals surface area contributed by atoms with Crippen LogP contribution in [-0.4, -0.2) is 26.8 Å². The molecule has 2 aromatic carbocycles. The molecule has 0 bridgehead atoms. The molecule has 1 aromatic heterocycles.